The Morgan fingerprint density at radius 1 is 0.418 bits per heavy atom. The number of aliphatic hydroxyl groups is 10. The largest absolute Gasteiger partial charge is 0.472 e. The molecule has 18 atom stereocenters. The maximum Gasteiger partial charge on any atom is 0.472 e. The van der Waals surface area contributed by atoms with Crippen LogP contribution in [0.3, 0.4) is 0 Å². The van der Waals surface area contributed by atoms with Crippen LogP contribution in [0.25, 0.3) is 0 Å². The van der Waals surface area contributed by atoms with Crippen LogP contribution in [0.1, 0.15) is 278 Å². The van der Waals surface area contributed by atoms with Crippen LogP contribution in [0.2, 0.25) is 0 Å². The summed E-state index contributed by atoms with van der Waals surface area (Å²) in [4.78, 5) is 50.8. The number of phosphoric ester groups is 1. The Balaban J connectivity index is 1.75. The molecule has 0 aromatic carbocycles. The first kappa shape index (κ1) is 89.4. The van der Waals surface area contributed by atoms with Crippen LogP contribution in [-0.4, -0.2) is 204 Å². The van der Waals surface area contributed by atoms with Gasteiger partial charge in [-0.1, -0.05) is 244 Å². The van der Waals surface area contributed by atoms with Crippen molar-refractivity contribution >= 4 is 25.7 Å². The number of ether oxygens (including phenoxy) is 7. The monoisotopic (exact) mass is 1420 g/mol. The number of allylic oxidation sites excluding steroid dienone is 5. The highest BCUT2D eigenvalue weighted by Crippen LogP contribution is 2.49. The molecule has 11 N–H and O–H groups in total. The van der Waals surface area contributed by atoms with Crippen molar-refractivity contribution in [1.29, 1.82) is 0 Å². The Labute approximate surface area is 585 Å². The SMILES string of the molecule is CCCCCC/C=C\CCCCCCCCCC(=O)OCC1OC(OC2C(O)C(O)C(O)C(OC3OC(CO)C(O)C(O)C3O)C2OP(=O)(O)OCC(COC(=O)/C=C/C=C/CCCCCCCCCCCCC)OC(=O)CCCCCCCCCCCCCCC)C(O)C(O)C1O. The first-order valence-corrected chi connectivity index (χ1v) is 39.3. The molecule has 0 spiro atoms. The number of esters is 3. The van der Waals surface area contributed by atoms with Gasteiger partial charge in [0, 0.05) is 18.9 Å². The zero-order valence-electron chi connectivity index (χ0n) is 59.6. The summed E-state index contributed by atoms with van der Waals surface area (Å²) in [7, 11) is -5.72. The second kappa shape index (κ2) is 54.8. The normalized spacial score (nSPS) is 27.8. The quantitative estimate of drug-likeness (QED) is 0.00513. The lowest BCUT2D eigenvalue weighted by Gasteiger charge is -2.49. The molecule has 2 aliphatic heterocycles. The molecule has 3 aliphatic rings. The van der Waals surface area contributed by atoms with E-state index in [9.17, 15) is 74.9 Å². The number of hydrogen-bond donors (Lipinski definition) is 11. The summed E-state index contributed by atoms with van der Waals surface area (Å²) >= 11 is 0. The van der Waals surface area contributed by atoms with Gasteiger partial charge in [-0.15, -0.1) is 0 Å². The average molecular weight is 1420 g/mol. The van der Waals surface area contributed by atoms with Gasteiger partial charge in [-0.2, -0.15) is 0 Å². The first-order chi connectivity index (χ1) is 47.3. The molecule has 0 bridgehead atoms. The molecule has 1 saturated carbocycles. The van der Waals surface area contributed by atoms with Crippen molar-refractivity contribution in [2.45, 2.75) is 382 Å². The minimum Gasteiger partial charge on any atom is -0.463 e. The molecule has 0 amide bonds. The van der Waals surface area contributed by atoms with Gasteiger partial charge in [-0.05, 0) is 51.4 Å². The van der Waals surface area contributed by atoms with Crippen LogP contribution >= 0.6 is 7.82 Å². The Bertz CT molecular complexity index is 2170. The molecule has 0 radical (unpaired) electrons. The first-order valence-electron chi connectivity index (χ1n) is 37.8. The topological polar surface area (TPSA) is 374 Å². The third-order valence-electron chi connectivity index (χ3n) is 18.5. The van der Waals surface area contributed by atoms with Gasteiger partial charge in [0.15, 0.2) is 18.7 Å². The fourth-order valence-corrected chi connectivity index (χ4v) is 13.3. The molecule has 98 heavy (non-hydrogen) atoms. The van der Waals surface area contributed by atoms with Gasteiger partial charge in [0.2, 0.25) is 0 Å². The number of phosphoric acid groups is 1. The van der Waals surface area contributed by atoms with Crippen molar-refractivity contribution in [3.05, 3.63) is 36.5 Å². The zero-order chi connectivity index (χ0) is 71.8. The lowest BCUT2D eigenvalue weighted by atomic mass is 9.84. The maximum atomic E-state index is 14.3. The number of carbonyl (C=O) groups excluding carboxylic acids is 3. The molecule has 18 unspecified atom stereocenters. The lowest BCUT2D eigenvalue weighted by Crippen LogP contribution is -2.69. The summed E-state index contributed by atoms with van der Waals surface area (Å²) in [5.74, 6) is -2.25. The molecule has 0 aromatic rings. The molecule has 2 saturated heterocycles. The van der Waals surface area contributed by atoms with Crippen molar-refractivity contribution in [3.63, 3.8) is 0 Å². The average Bonchev–Trinajstić information content (AvgIpc) is 0.763. The summed E-state index contributed by atoms with van der Waals surface area (Å²) in [6.45, 7) is 3.31. The summed E-state index contributed by atoms with van der Waals surface area (Å²) in [5.41, 5.74) is 0. The van der Waals surface area contributed by atoms with Gasteiger partial charge in [-0.3, -0.25) is 18.6 Å². The van der Waals surface area contributed by atoms with E-state index in [2.05, 4.69) is 32.9 Å². The third-order valence-corrected chi connectivity index (χ3v) is 19.5. The van der Waals surface area contributed by atoms with Crippen molar-refractivity contribution in [2.75, 3.05) is 26.4 Å². The Morgan fingerprint density at radius 2 is 0.796 bits per heavy atom. The Morgan fingerprint density at radius 3 is 1.24 bits per heavy atom. The molecule has 25 heteroatoms. The molecule has 2 heterocycles. The zero-order valence-corrected chi connectivity index (χ0v) is 60.5. The number of aliphatic hydroxyl groups excluding tert-OH is 10. The van der Waals surface area contributed by atoms with Gasteiger partial charge in [0.05, 0.1) is 13.2 Å². The van der Waals surface area contributed by atoms with E-state index in [-0.39, 0.29) is 12.8 Å². The van der Waals surface area contributed by atoms with Gasteiger partial charge in [0.25, 0.3) is 0 Å². The van der Waals surface area contributed by atoms with E-state index in [1.807, 2.05) is 6.08 Å². The van der Waals surface area contributed by atoms with E-state index < -0.39 is 156 Å². The van der Waals surface area contributed by atoms with Crippen LogP contribution in [0, 0.1) is 0 Å². The molecule has 1 aliphatic carbocycles. The minimum atomic E-state index is -5.72. The predicted octanol–water partition coefficient (Wildman–Crippen LogP) is 10.3. The molecular formula is C73H131O24P. The summed E-state index contributed by atoms with van der Waals surface area (Å²) in [5, 5.41) is 110. The number of carbonyl (C=O) groups is 3. The lowest BCUT2D eigenvalue weighted by molar-refractivity contribution is -0.360. The van der Waals surface area contributed by atoms with Crippen LogP contribution in [-0.2, 0) is 61.2 Å². The van der Waals surface area contributed by atoms with Crippen molar-refractivity contribution < 1.29 is 117 Å². The van der Waals surface area contributed by atoms with Crippen molar-refractivity contribution in [2.24, 2.45) is 0 Å². The Kier molecular flexibility index (Phi) is 50.0. The standard InChI is InChI=1S/C73H131O24P/c1-4-7-10-13-16-19-22-25-27-30-32-35-38-41-44-47-57(75)89-51-54(92-59(77)49-46-43-40-37-34-29-24-21-18-15-12-9-6-3)52-91-98(87,88)97-71-69(95-72-67(85)62(80)60(78)55(50-74)93-72)65(83)64(82)66(84)70(71)96-73-68(86)63(81)61(79)56(94-73)53-90-58(76)48-45-42-39-36-33-31-28-26-23-20-17-14-11-8-5-2/h20,23,38,41,44,47,54-56,60-74,78-86H,4-19,21-22,24-37,39-40,42-43,45-46,48-53H2,1-3H3,(H,87,88)/b23-20-,41-38+,47-44+. The second-order valence-corrected chi connectivity index (χ2v) is 28.5. The van der Waals surface area contributed by atoms with E-state index in [0.717, 1.165) is 115 Å². The van der Waals surface area contributed by atoms with Crippen molar-refractivity contribution in [3.8, 4) is 0 Å². The van der Waals surface area contributed by atoms with Crippen LogP contribution in [0.15, 0.2) is 36.5 Å². The van der Waals surface area contributed by atoms with Gasteiger partial charge in [0.1, 0.15) is 98.7 Å². The van der Waals surface area contributed by atoms with Crippen molar-refractivity contribution in [1.82, 2.24) is 0 Å². The fourth-order valence-electron chi connectivity index (χ4n) is 12.3. The molecule has 0 aromatic heterocycles. The smallest absolute Gasteiger partial charge is 0.463 e. The molecule has 24 nitrogen and oxygen atoms in total. The van der Waals surface area contributed by atoms with E-state index >= 15 is 0 Å². The van der Waals surface area contributed by atoms with E-state index in [0.29, 0.717) is 12.8 Å². The van der Waals surface area contributed by atoms with E-state index in [4.69, 9.17) is 42.2 Å². The molecular weight excluding hydrogens is 1290 g/mol. The summed E-state index contributed by atoms with van der Waals surface area (Å²) in [6.07, 6.45) is 17.0. The summed E-state index contributed by atoms with van der Waals surface area (Å²) < 4.78 is 64.8. The van der Waals surface area contributed by atoms with Gasteiger partial charge in [-0.25, -0.2) is 9.36 Å². The number of rotatable bonds is 58. The van der Waals surface area contributed by atoms with Gasteiger partial charge < -0.3 is 89.1 Å². The highest BCUT2D eigenvalue weighted by Gasteiger charge is 2.58. The molecule has 572 valence electrons. The third kappa shape index (κ3) is 37.6. The molecule has 3 fully saturated rings. The number of unbranched alkanes of at least 4 members (excludes halogenated alkanes) is 34. The highest BCUT2D eigenvalue weighted by atomic mass is 31.2. The maximum absolute atomic E-state index is 14.3. The fraction of sp³-hybridized carbons (Fsp3) is 0.877. The number of hydrogen-bond acceptors (Lipinski definition) is 23. The van der Waals surface area contributed by atoms with Crippen LogP contribution in [0.4, 0.5) is 0 Å². The minimum absolute atomic E-state index is 0.0200. The van der Waals surface area contributed by atoms with Crippen LogP contribution < -0.4 is 0 Å². The van der Waals surface area contributed by atoms with Crippen LogP contribution in [0.5, 0.6) is 0 Å². The molecule has 3 rings (SSSR count). The van der Waals surface area contributed by atoms with Gasteiger partial charge >= 0.3 is 25.7 Å². The van der Waals surface area contributed by atoms with E-state index in [1.165, 1.54) is 128 Å². The summed E-state index contributed by atoms with van der Waals surface area (Å²) in [6, 6.07) is 0. The predicted molar refractivity (Wildman–Crippen MR) is 370 cm³/mol. The second-order valence-electron chi connectivity index (χ2n) is 27.1. The Hall–Kier alpha value is -2.82. The van der Waals surface area contributed by atoms with E-state index in [1.54, 1.807) is 6.08 Å². The highest BCUT2D eigenvalue weighted by molar-refractivity contribution is 7.47.